The summed E-state index contributed by atoms with van der Waals surface area (Å²) in [7, 11) is 0. The number of amides is 2. The molecule has 214 valence electrons. The van der Waals surface area contributed by atoms with Crippen molar-refractivity contribution in [2.45, 2.75) is 18.9 Å². The number of halogens is 3. The maximum atomic E-state index is 14.3. The fourth-order valence-corrected chi connectivity index (χ4v) is 5.53. The smallest absolute Gasteiger partial charge is 0.251 e. The molecule has 0 unspecified atom stereocenters. The highest BCUT2D eigenvalue weighted by Crippen LogP contribution is 2.32. The quantitative estimate of drug-likeness (QED) is 0.191. The number of carbonyl (C=O) groups excluding carboxylic acids is 2. The van der Waals surface area contributed by atoms with Crippen molar-refractivity contribution in [2.24, 2.45) is 5.73 Å². The van der Waals surface area contributed by atoms with E-state index in [0.29, 0.717) is 22.4 Å². The Bertz CT molecular complexity index is 2000. The second-order valence-corrected chi connectivity index (χ2v) is 10.3. The molecule has 43 heavy (non-hydrogen) atoms. The molecule has 0 aliphatic heterocycles. The van der Waals surface area contributed by atoms with E-state index in [-0.39, 0.29) is 24.3 Å². The molecule has 0 saturated carbocycles. The van der Waals surface area contributed by atoms with Gasteiger partial charge in [-0.3, -0.25) is 14.6 Å². The zero-order valence-corrected chi connectivity index (χ0v) is 22.7. The highest BCUT2D eigenvalue weighted by atomic mass is 19.1. The number of aromatic amines is 1. The minimum Gasteiger partial charge on any atom is -0.366 e. The molecule has 2 aromatic heterocycles. The third kappa shape index (κ3) is 5.70. The van der Waals surface area contributed by atoms with Gasteiger partial charge in [0.1, 0.15) is 17.5 Å². The monoisotopic (exact) mass is 578 g/mol. The lowest BCUT2D eigenvalue weighted by Gasteiger charge is -2.22. The van der Waals surface area contributed by atoms with Gasteiger partial charge in [-0.15, -0.1) is 0 Å². The first-order valence-electron chi connectivity index (χ1n) is 13.5. The molecule has 0 aliphatic carbocycles. The average molecular weight is 579 g/mol. The van der Waals surface area contributed by atoms with Gasteiger partial charge >= 0.3 is 0 Å². The maximum Gasteiger partial charge on any atom is 0.251 e. The second-order valence-electron chi connectivity index (χ2n) is 10.3. The molecule has 0 spiro atoms. The van der Waals surface area contributed by atoms with Crippen LogP contribution >= 0.6 is 0 Å². The third-order valence-corrected chi connectivity index (χ3v) is 7.41. The Morgan fingerprint density at radius 1 is 0.907 bits per heavy atom. The molecule has 0 radical (unpaired) electrons. The number of carbonyl (C=O) groups is 2. The number of hydrogen-bond acceptors (Lipinski definition) is 3. The Hall–Kier alpha value is -5.44. The second kappa shape index (κ2) is 11.4. The highest BCUT2D eigenvalue weighted by Gasteiger charge is 2.23. The van der Waals surface area contributed by atoms with Crippen molar-refractivity contribution in [1.29, 1.82) is 0 Å². The number of nitrogens with zero attached hydrogens (tertiary/aromatic N) is 1. The van der Waals surface area contributed by atoms with Crippen molar-refractivity contribution in [3.8, 4) is 11.1 Å². The summed E-state index contributed by atoms with van der Waals surface area (Å²) in [6.45, 7) is 0. The van der Waals surface area contributed by atoms with Gasteiger partial charge in [0.25, 0.3) is 5.91 Å². The number of H-pyrrole nitrogens is 1. The molecule has 4 N–H and O–H groups in total. The van der Waals surface area contributed by atoms with Gasteiger partial charge in [0.15, 0.2) is 0 Å². The first-order chi connectivity index (χ1) is 20.8. The highest BCUT2D eigenvalue weighted by molar-refractivity contribution is 6.09. The predicted molar refractivity (Wildman–Crippen MR) is 159 cm³/mol. The Labute approximate surface area is 244 Å². The van der Waals surface area contributed by atoms with E-state index in [9.17, 15) is 22.8 Å². The summed E-state index contributed by atoms with van der Waals surface area (Å²) in [5, 5.41) is 5.98. The molecule has 9 heteroatoms. The Morgan fingerprint density at radius 3 is 2.49 bits per heavy atom. The van der Waals surface area contributed by atoms with Gasteiger partial charge in [0, 0.05) is 34.9 Å². The summed E-state index contributed by atoms with van der Waals surface area (Å²) >= 11 is 0. The normalized spacial score (nSPS) is 12.0. The molecule has 1 atom stereocenters. The summed E-state index contributed by atoms with van der Waals surface area (Å²) in [5.41, 5.74) is 8.34. The molecule has 0 fully saturated rings. The SMILES string of the molecule is NC(=O)c1cc(-c2cccnc2[C@H](Cc2cc(F)cc(F)c2)NC(=O)Cc2c[nH]c3ccc4ccccc4c23)ccc1F. The number of hydrogen-bond donors (Lipinski definition) is 3. The zero-order valence-electron chi connectivity index (χ0n) is 22.7. The number of fused-ring (bicyclic) bond motifs is 3. The minimum atomic E-state index is -0.934. The lowest BCUT2D eigenvalue weighted by molar-refractivity contribution is -0.121. The van der Waals surface area contributed by atoms with Gasteiger partial charge < -0.3 is 16.0 Å². The van der Waals surface area contributed by atoms with Gasteiger partial charge in [-0.2, -0.15) is 0 Å². The molecule has 2 heterocycles. The molecule has 0 aliphatic rings. The average Bonchev–Trinajstić information content (AvgIpc) is 3.39. The van der Waals surface area contributed by atoms with E-state index in [1.807, 2.05) is 36.4 Å². The fraction of sp³-hybridized carbons (Fsp3) is 0.0882. The molecule has 0 bridgehead atoms. The maximum absolute atomic E-state index is 14.3. The van der Waals surface area contributed by atoms with E-state index in [1.54, 1.807) is 18.3 Å². The lowest BCUT2D eigenvalue weighted by atomic mass is 9.94. The van der Waals surface area contributed by atoms with Crippen molar-refractivity contribution in [3.63, 3.8) is 0 Å². The van der Waals surface area contributed by atoms with Crippen LogP contribution in [0.2, 0.25) is 0 Å². The van der Waals surface area contributed by atoms with E-state index in [1.165, 1.54) is 30.5 Å². The van der Waals surface area contributed by atoms with Crippen LogP contribution in [0.4, 0.5) is 13.2 Å². The third-order valence-electron chi connectivity index (χ3n) is 7.41. The van der Waals surface area contributed by atoms with Crippen LogP contribution in [-0.4, -0.2) is 21.8 Å². The molecule has 6 rings (SSSR count). The van der Waals surface area contributed by atoms with Crippen LogP contribution in [-0.2, 0) is 17.6 Å². The van der Waals surface area contributed by atoms with E-state index in [2.05, 4.69) is 15.3 Å². The zero-order chi connectivity index (χ0) is 30.1. The number of pyridine rings is 1. The van der Waals surface area contributed by atoms with Crippen LogP contribution in [0, 0.1) is 17.5 Å². The summed E-state index contributed by atoms with van der Waals surface area (Å²) in [6.07, 6.45) is 3.34. The topological polar surface area (TPSA) is 101 Å². The first-order valence-corrected chi connectivity index (χ1v) is 13.5. The van der Waals surface area contributed by atoms with E-state index < -0.39 is 29.4 Å². The summed E-state index contributed by atoms with van der Waals surface area (Å²) in [6, 6.07) is 21.5. The Balaban J connectivity index is 1.39. The molecule has 4 aromatic carbocycles. The number of nitrogens with two attached hydrogens (primary N) is 1. The van der Waals surface area contributed by atoms with Gasteiger partial charge in [-0.1, -0.05) is 42.5 Å². The molecular weight excluding hydrogens is 553 g/mol. The van der Waals surface area contributed by atoms with Crippen molar-refractivity contribution >= 4 is 33.5 Å². The number of nitrogens with one attached hydrogen (secondary N) is 2. The van der Waals surface area contributed by atoms with Crippen molar-refractivity contribution in [1.82, 2.24) is 15.3 Å². The van der Waals surface area contributed by atoms with Crippen molar-refractivity contribution in [3.05, 3.63) is 137 Å². The number of primary amides is 1. The summed E-state index contributed by atoms with van der Waals surface area (Å²) in [4.78, 5) is 33.2. The van der Waals surface area contributed by atoms with Crippen molar-refractivity contribution < 1.29 is 22.8 Å². The van der Waals surface area contributed by atoms with E-state index in [0.717, 1.165) is 39.4 Å². The van der Waals surface area contributed by atoms with Gasteiger partial charge in [0.2, 0.25) is 5.91 Å². The number of benzene rings is 4. The first kappa shape index (κ1) is 27.7. The van der Waals surface area contributed by atoms with Gasteiger partial charge in [0.05, 0.1) is 23.7 Å². The molecule has 0 saturated heterocycles. The molecule has 2 amide bonds. The van der Waals surface area contributed by atoms with Gasteiger partial charge in [-0.05, 0) is 70.3 Å². The van der Waals surface area contributed by atoms with E-state index in [4.69, 9.17) is 5.73 Å². The Kier molecular flexibility index (Phi) is 7.38. The predicted octanol–water partition coefficient (Wildman–Crippen LogP) is 6.54. The Morgan fingerprint density at radius 2 is 1.70 bits per heavy atom. The lowest BCUT2D eigenvalue weighted by Crippen LogP contribution is -2.32. The number of aromatic nitrogens is 2. The number of rotatable bonds is 8. The van der Waals surface area contributed by atoms with Crippen molar-refractivity contribution in [2.75, 3.05) is 0 Å². The molecule has 6 aromatic rings. The van der Waals surface area contributed by atoms with Crippen LogP contribution in [0.15, 0.2) is 97.3 Å². The molecule has 6 nitrogen and oxygen atoms in total. The van der Waals surface area contributed by atoms with E-state index >= 15 is 0 Å². The van der Waals surface area contributed by atoms with Gasteiger partial charge in [-0.25, -0.2) is 13.2 Å². The summed E-state index contributed by atoms with van der Waals surface area (Å²) < 4.78 is 42.6. The largest absolute Gasteiger partial charge is 0.366 e. The van der Waals surface area contributed by atoms with Crippen LogP contribution in [0.3, 0.4) is 0 Å². The van der Waals surface area contributed by atoms with Crippen LogP contribution in [0.25, 0.3) is 32.8 Å². The molecular formula is C34H25F3N4O2. The minimum absolute atomic E-state index is 0.00508. The summed E-state index contributed by atoms with van der Waals surface area (Å²) in [5.74, 6) is -3.55. The standard InChI is InChI=1S/C34H25F3N4O2/c35-23-12-19(13-24(36)17-23)14-30(33-26(6-3-11-39-33)21-7-9-28(37)27(15-21)34(38)43)41-31(42)16-22-18-40-29-10-8-20-4-1-2-5-25(20)32(22)29/h1-13,15,17-18,30,40H,14,16H2,(H2,38,43)(H,41,42)/t30-/m0/s1. The van der Waals surface area contributed by atoms with Crippen LogP contribution < -0.4 is 11.1 Å². The fourth-order valence-electron chi connectivity index (χ4n) is 5.53. The van der Waals surface area contributed by atoms with Crippen LogP contribution in [0.1, 0.15) is 33.2 Å². The van der Waals surface area contributed by atoms with Crippen LogP contribution in [0.5, 0.6) is 0 Å².